The molecule has 0 saturated heterocycles. The third-order valence-corrected chi connectivity index (χ3v) is 6.80. The fraction of sp³-hybridized carbons (Fsp3) is 0.103. The van der Waals surface area contributed by atoms with Gasteiger partial charge in [0.2, 0.25) is 0 Å². The average molecular weight is 526 g/mol. The van der Waals surface area contributed by atoms with Crippen LogP contribution in [0.1, 0.15) is 33.2 Å². The highest BCUT2D eigenvalue weighted by molar-refractivity contribution is 7.99. The third kappa shape index (κ3) is 7.94. The Kier molecular flexibility index (Phi) is 9.09. The van der Waals surface area contributed by atoms with Crippen molar-refractivity contribution >= 4 is 41.0 Å². The number of nitrogens with zero attached hydrogens (tertiary/aromatic N) is 1. The molecule has 0 aliphatic heterocycles. The van der Waals surface area contributed by atoms with E-state index in [0.717, 1.165) is 16.0 Å². The van der Waals surface area contributed by atoms with E-state index in [0.29, 0.717) is 23.5 Å². The number of rotatable bonds is 10. The van der Waals surface area contributed by atoms with Gasteiger partial charge in [0.05, 0.1) is 6.42 Å². The summed E-state index contributed by atoms with van der Waals surface area (Å²) in [4.78, 5) is 29.0. The maximum atomic E-state index is 12.7. The molecule has 192 valence electrons. The van der Waals surface area contributed by atoms with E-state index >= 15 is 0 Å². The van der Waals surface area contributed by atoms with Crippen LogP contribution in [0.15, 0.2) is 108 Å². The van der Waals surface area contributed by atoms with Gasteiger partial charge in [-0.05, 0) is 65.7 Å². The fourth-order valence-corrected chi connectivity index (χ4v) is 4.74. The highest BCUT2D eigenvalue weighted by atomic mass is 32.2. The molecule has 0 aliphatic carbocycles. The number of nitrogens with one attached hydrogen (secondary N) is 4. The standard InChI is InChI=1S/C29H27N5O3S/c30-29(32-18-20-5-2-1-3-6-20)34-24-10-8-21(9-11-24)28(37)33-23-12-14-25(15-13-23)38-26(17-27(35)36)22-7-4-16-31-19-22/h1-16,19,26H,17-18H2,(H,33,37)(H,35,36)(H3,30,32,34). The minimum Gasteiger partial charge on any atom is -0.481 e. The number of carbonyl (C=O) groups excluding carboxylic acids is 1. The van der Waals surface area contributed by atoms with E-state index < -0.39 is 5.97 Å². The first-order valence-electron chi connectivity index (χ1n) is 11.9. The van der Waals surface area contributed by atoms with Crippen molar-refractivity contribution < 1.29 is 14.7 Å². The topological polar surface area (TPSA) is 127 Å². The van der Waals surface area contributed by atoms with Crippen molar-refractivity contribution in [3.63, 3.8) is 0 Å². The number of carbonyl (C=O) groups is 2. The lowest BCUT2D eigenvalue weighted by Gasteiger charge is -2.15. The molecule has 4 rings (SSSR count). The Morgan fingerprint density at radius 3 is 2.21 bits per heavy atom. The number of thioether (sulfide) groups is 1. The molecule has 0 aliphatic rings. The molecule has 38 heavy (non-hydrogen) atoms. The summed E-state index contributed by atoms with van der Waals surface area (Å²) in [5, 5.41) is 26.0. The summed E-state index contributed by atoms with van der Waals surface area (Å²) < 4.78 is 0. The van der Waals surface area contributed by atoms with Gasteiger partial charge in [0.15, 0.2) is 5.96 Å². The maximum absolute atomic E-state index is 12.7. The first-order valence-corrected chi connectivity index (χ1v) is 12.8. The largest absolute Gasteiger partial charge is 0.481 e. The molecule has 4 aromatic rings. The number of aromatic nitrogens is 1. The SMILES string of the molecule is N=C(NCc1ccccc1)Nc1ccc(C(=O)Nc2ccc(SC(CC(=O)O)c3cccnc3)cc2)cc1. The highest BCUT2D eigenvalue weighted by Gasteiger charge is 2.17. The molecule has 0 spiro atoms. The minimum atomic E-state index is -0.878. The van der Waals surface area contributed by atoms with Gasteiger partial charge >= 0.3 is 5.97 Å². The number of hydrogen-bond acceptors (Lipinski definition) is 5. The van der Waals surface area contributed by atoms with E-state index in [-0.39, 0.29) is 23.5 Å². The van der Waals surface area contributed by atoms with Crippen molar-refractivity contribution in [3.05, 3.63) is 120 Å². The number of amides is 1. The van der Waals surface area contributed by atoms with Gasteiger partial charge in [0.1, 0.15) is 0 Å². The first kappa shape index (κ1) is 26.4. The highest BCUT2D eigenvalue weighted by Crippen LogP contribution is 2.37. The number of pyridine rings is 1. The van der Waals surface area contributed by atoms with Crippen molar-refractivity contribution in [3.8, 4) is 0 Å². The summed E-state index contributed by atoms with van der Waals surface area (Å²) in [6.45, 7) is 0.536. The van der Waals surface area contributed by atoms with E-state index in [1.54, 1.807) is 54.9 Å². The van der Waals surface area contributed by atoms with Gasteiger partial charge in [-0.3, -0.25) is 20.0 Å². The second-order valence-corrected chi connectivity index (χ2v) is 9.66. The van der Waals surface area contributed by atoms with Crippen molar-refractivity contribution in [1.29, 1.82) is 5.41 Å². The number of anilines is 2. The van der Waals surface area contributed by atoms with E-state index in [9.17, 15) is 14.7 Å². The Bertz CT molecular complexity index is 1370. The van der Waals surface area contributed by atoms with Crippen LogP contribution >= 0.6 is 11.8 Å². The van der Waals surface area contributed by atoms with Crippen LogP contribution < -0.4 is 16.0 Å². The van der Waals surface area contributed by atoms with Gasteiger partial charge in [-0.1, -0.05) is 36.4 Å². The summed E-state index contributed by atoms with van der Waals surface area (Å²) in [5.74, 6) is -0.969. The second kappa shape index (κ2) is 13.1. The molecule has 5 N–H and O–H groups in total. The minimum absolute atomic E-state index is 0.0255. The molecule has 1 aromatic heterocycles. The van der Waals surface area contributed by atoms with Crippen molar-refractivity contribution in [1.82, 2.24) is 10.3 Å². The van der Waals surface area contributed by atoms with E-state index in [1.165, 1.54) is 11.8 Å². The Labute approximate surface area is 225 Å². The molecular weight excluding hydrogens is 498 g/mol. The van der Waals surface area contributed by atoms with Crippen LogP contribution in [0.3, 0.4) is 0 Å². The summed E-state index contributed by atoms with van der Waals surface area (Å²) in [6.07, 6.45) is 3.31. The van der Waals surface area contributed by atoms with Crippen LogP contribution in [0, 0.1) is 5.41 Å². The summed E-state index contributed by atoms with van der Waals surface area (Å²) in [5.41, 5.74) is 3.72. The Balaban J connectivity index is 1.30. The molecule has 0 bridgehead atoms. The first-order chi connectivity index (χ1) is 18.5. The van der Waals surface area contributed by atoms with Gasteiger partial charge in [-0.15, -0.1) is 11.8 Å². The van der Waals surface area contributed by atoms with Gasteiger partial charge in [0, 0.05) is 46.0 Å². The van der Waals surface area contributed by atoms with Gasteiger partial charge in [-0.2, -0.15) is 0 Å². The van der Waals surface area contributed by atoms with Crippen LogP contribution in [0.25, 0.3) is 0 Å². The number of aliphatic carboxylic acids is 1. The molecule has 1 unspecified atom stereocenters. The van der Waals surface area contributed by atoms with Crippen LogP contribution in [-0.4, -0.2) is 27.9 Å². The van der Waals surface area contributed by atoms with E-state index in [1.807, 2.05) is 48.5 Å². The molecule has 0 saturated carbocycles. The number of carboxylic acid groups (broad SMARTS) is 1. The zero-order valence-electron chi connectivity index (χ0n) is 20.4. The molecule has 1 amide bonds. The molecule has 3 aromatic carbocycles. The monoisotopic (exact) mass is 525 g/mol. The molecular formula is C29H27N5O3S. The molecule has 1 heterocycles. The van der Waals surface area contributed by atoms with Gasteiger partial charge < -0.3 is 21.1 Å². The van der Waals surface area contributed by atoms with Crippen LogP contribution in [0.4, 0.5) is 11.4 Å². The van der Waals surface area contributed by atoms with Crippen molar-refractivity contribution in [2.24, 2.45) is 0 Å². The average Bonchev–Trinajstić information content (AvgIpc) is 2.94. The zero-order valence-corrected chi connectivity index (χ0v) is 21.2. The summed E-state index contributed by atoms with van der Waals surface area (Å²) >= 11 is 1.44. The molecule has 8 nitrogen and oxygen atoms in total. The molecule has 9 heteroatoms. The Morgan fingerprint density at radius 2 is 1.55 bits per heavy atom. The Morgan fingerprint density at radius 1 is 0.868 bits per heavy atom. The van der Waals surface area contributed by atoms with Gasteiger partial charge in [0.25, 0.3) is 5.91 Å². The predicted octanol–water partition coefficient (Wildman–Crippen LogP) is 5.78. The molecule has 0 fully saturated rings. The van der Waals surface area contributed by atoms with E-state index in [4.69, 9.17) is 5.41 Å². The van der Waals surface area contributed by atoms with Crippen LogP contribution in [0.5, 0.6) is 0 Å². The lowest BCUT2D eigenvalue weighted by molar-refractivity contribution is -0.137. The number of carboxylic acids is 1. The Hall–Kier alpha value is -4.63. The summed E-state index contributed by atoms with van der Waals surface area (Å²) in [6, 6.07) is 27.6. The number of hydrogen-bond donors (Lipinski definition) is 5. The number of benzene rings is 3. The second-order valence-electron chi connectivity index (χ2n) is 8.39. The van der Waals surface area contributed by atoms with Crippen molar-refractivity contribution in [2.45, 2.75) is 23.1 Å². The smallest absolute Gasteiger partial charge is 0.304 e. The molecule has 1 atom stereocenters. The lowest BCUT2D eigenvalue weighted by Crippen LogP contribution is -2.29. The predicted molar refractivity (Wildman–Crippen MR) is 151 cm³/mol. The van der Waals surface area contributed by atoms with Crippen LogP contribution in [0.2, 0.25) is 0 Å². The summed E-state index contributed by atoms with van der Waals surface area (Å²) in [7, 11) is 0. The zero-order chi connectivity index (χ0) is 26.7. The fourth-order valence-electron chi connectivity index (χ4n) is 3.62. The normalized spacial score (nSPS) is 11.3. The quantitative estimate of drug-likeness (QED) is 0.101. The number of guanidine groups is 1. The van der Waals surface area contributed by atoms with Gasteiger partial charge in [-0.25, -0.2) is 0 Å². The maximum Gasteiger partial charge on any atom is 0.304 e. The van der Waals surface area contributed by atoms with E-state index in [2.05, 4.69) is 20.9 Å². The lowest BCUT2D eigenvalue weighted by atomic mass is 10.1. The van der Waals surface area contributed by atoms with Crippen LogP contribution in [-0.2, 0) is 11.3 Å². The molecule has 0 radical (unpaired) electrons. The third-order valence-electron chi connectivity index (χ3n) is 5.54. The van der Waals surface area contributed by atoms with Crippen molar-refractivity contribution in [2.75, 3.05) is 10.6 Å².